The van der Waals surface area contributed by atoms with Crippen molar-refractivity contribution in [2.75, 3.05) is 6.61 Å². The van der Waals surface area contributed by atoms with Gasteiger partial charge < -0.3 is 4.74 Å². The highest BCUT2D eigenvalue weighted by Crippen LogP contribution is 2.20. The molecule has 0 fully saturated rings. The van der Waals surface area contributed by atoms with Crippen LogP contribution in [0.5, 0.6) is 0 Å². The van der Waals surface area contributed by atoms with Gasteiger partial charge in [0.1, 0.15) is 10.2 Å². The number of hydrogen-bond donors (Lipinski definition) is 0. The summed E-state index contributed by atoms with van der Waals surface area (Å²) in [4.78, 5) is 11.5. The summed E-state index contributed by atoms with van der Waals surface area (Å²) in [5.74, 6) is -0.323. The Kier molecular flexibility index (Phi) is 3.69. The predicted molar refractivity (Wildman–Crippen MR) is 56.3 cm³/mol. The van der Waals surface area contributed by atoms with E-state index in [9.17, 15) is 4.79 Å². The summed E-state index contributed by atoms with van der Waals surface area (Å²) in [5, 5.41) is 4.16. The summed E-state index contributed by atoms with van der Waals surface area (Å²) in [5.41, 5.74) is 1.35. The normalized spacial score (nSPS) is 10.3. The average molecular weight is 261 g/mol. The van der Waals surface area contributed by atoms with Crippen molar-refractivity contribution in [1.29, 1.82) is 0 Å². The van der Waals surface area contributed by atoms with Crippen molar-refractivity contribution in [3.8, 4) is 0 Å². The van der Waals surface area contributed by atoms with Crippen molar-refractivity contribution in [3.63, 3.8) is 0 Å². The number of esters is 1. The summed E-state index contributed by atoms with van der Waals surface area (Å²) in [6, 6.07) is 0. The molecule has 1 aromatic rings. The number of halogens is 1. The number of nitrogens with zero attached hydrogens (tertiary/aromatic N) is 2. The number of rotatable bonds is 3. The van der Waals surface area contributed by atoms with Crippen molar-refractivity contribution in [2.45, 2.75) is 27.3 Å². The van der Waals surface area contributed by atoms with E-state index in [2.05, 4.69) is 21.0 Å². The summed E-state index contributed by atoms with van der Waals surface area (Å²) in [6.45, 7) is 6.73. The van der Waals surface area contributed by atoms with E-state index in [4.69, 9.17) is 4.74 Å². The lowest BCUT2D eigenvalue weighted by atomic mass is 10.2. The molecule has 0 saturated carbocycles. The molecule has 14 heavy (non-hydrogen) atoms. The van der Waals surface area contributed by atoms with Gasteiger partial charge in [-0.05, 0) is 36.7 Å². The number of carbonyl (C=O) groups is 1. The van der Waals surface area contributed by atoms with Crippen LogP contribution in [0.1, 0.15) is 29.9 Å². The van der Waals surface area contributed by atoms with Gasteiger partial charge in [0, 0.05) is 6.54 Å². The smallest absolute Gasteiger partial charge is 0.342 e. The SMILES string of the molecule is CCOC(=O)c1c(Br)nn(CC)c1C. The van der Waals surface area contributed by atoms with Crippen LogP contribution in [0.2, 0.25) is 0 Å². The highest BCUT2D eigenvalue weighted by molar-refractivity contribution is 9.10. The molecular weight excluding hydrogens is 248 g/mol. The molecule has 0 saturated heterocycles. The Balaban J connectivity index is 3.07. The third-order valence-electron chi connectivity index (χ3n) is 1.94. The van der Waals surface area contributed by atoms with Gasteiger partial charge >= 0.3 is 5.97 Å². The van der Waals surface area contributed by atoms with Crippen LogP contribution in [-0.2, 0) is 11.3 Å². The van der Waals surface area contributed by atoms with E-state index in [1.165, 1.54) is 0 Å². The predicted octanol–water partition coefficient (Wildman–Crippen LogP) is 2.15. The molecule has 0 unspecified atom stereocenters. The maximum Gasteiger partial charge on any atom is 0.342 e. The highest BCUT2D eigenvalue weighted by atomic mass is 79.9. The van der Waals surface area contributed by atoms with Gasteiger partial charge in [-0.1, -0.05) is 0 Å². The molecule has 78 valence electrons. The van der Waals surface area contributed by atoms with Crippen molar-refractivity contribution in [1.82, 2.24) is 9.78 Å². The van der Waals surface area contributed by atoms with Gasteiger partial charge in [0.05, 0.1) is 12.3 Å². The quantitative estimate of drug-likeness (QED) is 0.783. The Morgan fingerprint density at radius 3 is 2.64 bits per heavy atom. The minimum Gasteiger partial charge on any atom is -0.462 e. The zero-order chi connectivity index (χ0) is 10.7. The zero-order valence-electron chi connectivity index (χ0n) is 8.50. The summed E-state index contributed by atoms with van der Waals surface area (Å²) in [7, 11) is 0. The van der Waals surface area contributed by atoms with E-state index in [0.29, 0.717) is 16.8 Å². The lowest BCUT2D eigenvalue weighted by Crippen LogP contribution is -2.07. The maximum absolute atomic E-state index is 11.5. The summed E-state index contributed by atoms with van der Waals surface area (Å²) in [6.07, 6.45) is 0. The van der Waals surface area contributed by atoms with Crippen LogP contribution in [0.25, 0.3) is 0 Å². The van der Waals surface area contributed by atoms with Gasteiger partial charge in [0.2, 0.25) is 0 Å². The number of ether oxygens (including phenoxy) is 1. The molecule has 0 aliphatic heterocycles. The molecule has 0 atom stereocenters. The largest absolute Gasteiger partial charge is 0.462 e. The minimum absolute atomic E-state index is 0.323. The first kappa shape index (κ1) is 11.2. The second-order valence-electron chi connectivity index (χ2n) is 2.79. The van der Waals surface area contributed by atoms with Gasteiger partial charge in [-0.25, -0.2) is 4.79 Å². The second kappa shape index (κ2) is 4.59. The second-order valence-corrected chi connectivity index (χ2v) is 3.54. The molecule has 1 rings (SSSR count). The zero-order valence-corrected chi connectivity index (χ0v) is 10.1. The van der Waals surface area contributed by atoms with Gasteiger partial charge in [-0.3, -0.25) is 4.68 Å². The highest BCUT2D eigenvalue weighted by Gasteiger charge is 2.19. The van der Waals surface area contributed by atoms with Gasteiger partial charge in [-0.15, -0.1) is 0 Å². The molecular formula is C9H13BrN2O2. The first-order valence-corrected chi connectivity index (χ1v) is 5.31. The lowest BCUT2D eigenvalue weighted by Gasteiger charge is -2.01. The van der Waals surface area contributed by atoms with E-state index in [-0.39, 0.29) is 5.97 Å². The van der Waals surface area contributed by atoms with Gasteiger partial charge in [0.15, 0.2) is 0 Å². The van der Waals surface area contributed by atoms with Crippen molar-refractivity contribution in [2.24, 2.45) is 0 Å². The molecule has 0 aliphatic carbocycles. The van der Waals surface area contributed by atoms with Crippen molar-refractivity contribution < 1.29 is 9.53 Å². The van der Waals surface area contributed by atoms with Crippen molar-refractivity contribution >= 4 is 21.9 Å². The summed E-state index contributed by atoms with van der Waals surface area (Å²) >= 11 is 3.25. The molecule has 1 heterocycles. The molecule has 0 bridgehead atoms. The Hall–Kier alpha value is -0.840. The monoisotopic (exact) mass is 260 g/mol. The van der Waals surface area contributed by atoms with E-state index in [1.807, 2.05) is 13.8 Å². The number of aromatic nitrogens is 2. The van der Waals surface area contributed by atoms with Crippen LogP contribution >= 0.6 is 15.9 Å². The standard InChI is InChI=1S/C9H13BrN2O2/c1-4-12-6(3)7(8(10)11-12)9(13)14-5-2/h4-5H2,1-3H3. The molecule has 5 heteroatoms. The van der Waals surface area contributed by atoms with E-state index < -0.39 is 0 Å². The Morgan fingerprint density at radius 1 is 1.57 bits per heavy atom. The van der Waals surface area contributed by atoms with E-state index >= 15 is 0 Å². The lowest BCUT2D eigenvalue weighted by molar-refractivity contribution is 0.0524. The van der Waals surface area contributed by atoms with E-state index in [0.717, 1.165) is 12.2 Å². The third kappa shape index (κ3) is 1.97. The Morgan fingerprint density at radius 2 is 2.21 bits per heavy atom. The molecule has 0 radical (unpaired) electrons. The number of hydrogen-bond acceptors (Lipinski definition) is 3. The molecule has 4 nitrogen and oxygen atoms in total. The topological polar surface area (TPSA) is 44.1 Å². The molecule has 0 spiro atoms. The number of carbonyl (C=O) groups excluding carboxylic acids is 1. The van der Waals surface area contributed by atoms with Gasteiger partial charge in [0.25, 0.3) is 0 Å². The van der Waals surface area contributed by atoms with Crippen LogP contribution in [0, 0.1) is 6.92 Å². The molecule has 0 amide bonds. The third-order valence-corrected chi connectivity index (χ3v) is 2.50. The van der Waals surface area contributed by atoms with Crippen LogP contribution in [0.3, 0.4) is 0 Å². The maximum atomic E-state index is 11.5. The van der Waals surface area contributed by atoms with E-state index in [1.54, 1.807) is 11.6 Å². The minimum atomic E-state index is -0.323. The molecule has 0 aromatic carbocycles. The van der Waals surface area contributed by atoms with Crippen LogP contribution in [0.15, 0.2) is 4.60 Å². The summed E-state index contributed by atoms with van der Waals surface area (Å²) < 4.78 is 7.24. The Bertz CT molecular complexity index is 347. The fraction of sp³-hybridized carbons (Fsp3) is 0.556. The molecule has 0 N–H and O–H groups in total. The molecule has 1 aromatic heterocycles. The fourth-order valence-electron chi connectivity index (χ4n) is 1.25. The van der Waals surface area contributed by atoms with Crippen LogP contribution in [-0.4, -0.2) is 22.4 Å². The average Bonchev–Trinajstić information content (AvgIpc) is 2.41. The number of aryl methyl sites for hydroxylation is 1. The first-order valence-electron chi connectivity index (χ1n) is 4.51. The Labute approximate surface area is 91.4 Å². The van der Waals surface area contributed by atoms with Crippen LogP contribution in [0.4, 0.5) is 0 Å². The van der Waals surface area contributed by atoms with Gasteiger partial charge in [-0.2, -0.15) is 5.10 Å². The first-order chi connectivity index (χ1) is 6.61. The molecule has 0 aliphatic rings. The van der Waals surface area contributed by atoms with Crippen LogP contribution < -0.4 is 0 Å². The van der Waals surface area contributed by atoms with Crippen molar-refractivity contribution in [3.05, 3.63) is 15.9 Å². The fourth-order valence-corrected chi connectivity index (χ4v) is 1.89.